The summed E-state index contributed by atoms with van der Waals surface area (Å²) in [6.45, 7) is 0. The van der Waals surface area contributed by atoms with Gasteiger partial charge in [-0.15, -0.1) is 0 Å². The standard InChI is InChI=1S/C14H15FN2S/c15-11-5-7-12(8-6-11)17-14(18)9-13(16-17)10-3-1-2-4-10/h5-10,16H,1-4H2. The van der Waals surface area contributed by atoms with Gasteiger partial charge in [-0.25, -0.2) is 9.07 Å². The predicted molar refractivity (Wildman–Crippen MR) is 72.1 cm³/mol. The van der Waals surface area contributed by atoms with E-state index in [0.29, 0.717) is 5.92 Å². The summed E-state index contributed by atoms with van der Waals surface area (Å²) < 4.78 is 15.5. The molecule has 0 atom stereocenters. The number of rotatable bonds is 2. The average molecular weight is 262 g/mol. The first-order valence-corrected chi connectivity index (χ1v) is 6.73. The Labute approximate surface area is 110 Å². The highest BCUT2D eigenvalue weighted by Gasteiger charge is 2.19. The van der Waals surface area contributed by atoms with Crippen LogP contribution in [0.25, 0.3) is 5.69 Å². The molecule has 1 aliphatic carbocycles. The molecule has 1 fully saturated rings. The SMILES string of the molecule is Fc1ccc(-n2[nH]c(C3CCCC3)cc2=S)cc1. The fraction of sp³-hybridized carbons (Fsp3) is 0.357. The van der Waals surface area contributed by atoms with Gasteiger partial charge in [0.05, 0.1) is 5.69 Å². The average Bonchev–Trinajstić information content (AvgIpc) is 2.99. The molecule has 1 aliphatic rings. The number of benzene rings is 1. The first-order chi connectivity index (χ1) is 8.74. The summed E-state index contributed by atoms with van der Waals surface area (Å²) in [5.41, 5.74) is 2.09. The van der Waals surface area contributed by atoms with Crippen LogP contribution in [0.15, 0.2) is 30.3 Å². The van der Waals surface area contributed by atoms with Crippen LogP contribution in [0.5, 0.6) is 0 Å². The third-order valence-electron chi connectivity index (χ3n) is 3.62. The lowest BCUT2D eigenvalue weighted by molar-refractivity contribution is 0.626. The number of H-pyrrole nitrogens is 1. The van der Waals surface area contributed by atoms with Gasteiger partial charge < -0.3 is 0 Å². The maximum absolute atomic E-state index is 12.9. The molecule has 0 aliphatic heterocycles. The highest BCUT2D eigenvalue weighted by molar-refractivity contribution is 7.71. The van der Waals surface area contributed by atoms with Crippen molar-refractivity contribution >= 4 is 12.2 Å². The van der Waals surface area contributed by atoms with E-state index in [1.165, 1.54) is 43.5 Å². The number of aromatic amines is 1. The fourth-order valence-corrected chi connectivity index (χ4v) is 2.92. The first kappa shape index (κ1) is 11.7. The van der Waals surface area contributed by atoms with Crippen LogP contribution < -0.4 is 0 Å². The maximum Gasteiger partial charge on any atom is 0.127 e. The summed E-state index contributed by atoms with van der Waals surface area (Å²) >= 11 is 5.36. The molecular weight excluding hydrogens is 247 g/mol. The third-order valence-corrected chi connectivity index (χ3v) is 3.92. The molecule has 4 heteroatoms. The van der Waals surface area contributed by atoms with Gasteiger partial charge in [0.1, 0.15) is 10.5 Å². The topological polar surface area (TPSA) is 20.7 Å². The molecule has 3 rings (SSSR count). The van der Waals surface area contributed by atoms with Crippen molar-refractivity contribution < 1.29 is 4.39 Å². The number of hydrogen-bond donors (Lipinski definition) is 1. The Kier molecular flexibility index (Phi) is 3.04. The van der Waals surface area contributed by atoms with Gasteiger partial charge >= 0.3 is 0 Å². The molecule has 0 radical (unpaired) electrons. The zero-order valence-electron chi connectivity index (χ0n) is 10.0. The smallest absolute Gasteiger partial charge is 0.127 e. The summed E-state index contributed by atoms with van der Waals surface area (Å²) in [5.74, 6) is 0.376. The van der Waals surface area contributed by atoms with Gasteiger partial charge in [0.15, 0.2) is 0 Å². The van der Waals surface area contributed by atoms with Gasteiger partial charge in [-0.2, -0.15) is 0 Å². The van der Waals surface area contributed by atoms with Gasteiger partial charge in [-0.1, -0.05) is 25.1 Å². The second-order valence-corrected chi connectivity index (χ2v) is 5.26. The Balaban J connectivity index is 1.97. The van der Waals surface area contributed by atoms with Crippen LogP contribution in [-0.4, -0.2) is 9.78 Å². The van der Waals surface area contributed by atoms with Crippen molar-refractivity contribution in [3.63, 3.8) is 0 Å². The van der Waals surface area contributed by atoms with Crippen molar-refractivity contribution in [2.45, 2.75) is 31.6 Å². The molecule has 0 saturated heterocycles. The second-order valence-electron chi connectivity index (χ2n) is 4.84. The minimum absolute atomic E-state index is 0.229. The fourth-order valence-electron chi connectivity index (χ4n) is 2.64. The Morgan fingerprint density at radius 1 is 1.17 bits per heavy atom. The monoisotopic (exact) mass is 262 g/mol. The Morgan fingerprint density at radius 2 is 1.83 bits per heavy atom. The van der Waals surface area contributed by atoms with E-state index in [2.05, 4.69) is 5.10 Å². The molecule has 1 saturated carbocycles. The van der Waals surface area contributed by atoms with Gasteiger partial charge in [-0.05, 0) is 43.2 Å². The van der Waals surface area contributed by atoms with Gasteiger partial charge in [-0.3, -0.25) is 5.10 Å². The molecule has 0 amide bonds. The lowest BCUT2D eigenvalue weighted by Crippen LogP contribution is -1.99. The first-order valence-electron chi connectivity index (χ1n) is 6.32. The van der Waals surface area contributed by atoms with E-state index in [0.717, 1.165) is 10.3 Å². The van der Waals surface area contributed by atoms with Crippen LogP contribution in [0, 0.1) is 10.5 Å². The molecular formula is C14H15FN2S. The predicted octanol–water partition coefficient (Wildman–Crippen LogP) is 4.33. The van der Waals surface area contributed by atoms with Gasteiger partial charge in [0.2, 0.25) is 0 Å². The maximum atomic E-state index is 12.9. The van der Waals surface area contributed by atoms with Crippen molar-refractivity contribution in [3.05, 3.63) is 46.5 Å². The quantitative estimate of drug-likeness (QED) is 0.799. The van der Waals surface area contributed by atoms with E-state index in [9.17, 15) is 4.39 Å². The normalized spacial score (nSPS) is 16.3. The van der Waals surface area contributed by atoms with Gasteiger partial charge in [0, 0.05) is 11.6 Å². The Hall–Kier alpha value is -1.42. The summed E-state index contributed by atoms with van der Waals surface area (Å²) in [7, 11) is 0. The van der Waals surface area contributed by atoms with E-state index >= 15 is 0 Å². The van der Waals surface area contributed by atoms with E-state index in [-0.39, 0.29) is 5.82 Å². The lowest BCUT2D eigenvalue weighted by Gasteiger charge is -2.06. The van der Waals surface area contributed by atoms with E-state index in [1.54, 1.807) is 12.1 Å². The lowest BCUT2D eigenvalue weighted by atomic mass is 10.1. The van der Waals surface area contributed by atoms with E-state index < -0.39 is 0 Å². The number of nitrogens with zero attached hydrogens (tertiary/aromatic N) is 1. The number of nitrogens with one attached hydrogen (secondary N) is 1. The zero-order valence-corrected chi connectivity index (χ0v) is 10.8. The number of hydrogen-bond acceptors (Lipinski definition) is 1. The van der Waals surface area contributed by atoms with Crippen molar-refractivity contribution in [1.82, 2.24) is 9.78 Å². The van der Waals surface area contributed by atoms with E-state index in [1.807, 2.05) is 10.7 Å². The highest BCUT2D eigenvalue weighted by atomic mass is 32.1. The minimum Gasteiger partial charge on any atom is -0.297 e. The molecule has 0 bridgehead atoms. The van der Waals surface area contributed by atoms with Crippen LogP contribution in [-0.2, 0) is 0 Å². The molecule has 1 aromatic heterocycles. The van der Waals surface area contributed by atoms with Crippen LogP contribution in [0.4, 0.5) is 4.39 Å². The van der Waals surface area contributed by atoms with Crippen LogP contribution in [0.1, 0.15) is 37.3 Å². The third kappa shape index (κ3) is 2.12. The van der Waals surface area contributed by atoms with E-state index in [4.69, 9.17) is 12.2 Å². The summed E-state index contributed by atoms with van der Waals surface area (Å²) in [6, 6.07) is 8.41. The highest BCUT2D eigenvalue weighted by Crippen LogP contribution is 2.33. The molecule has 18 heavy (non-hydrogen) atoms. The molecule has 2 aromatic rings. The van der Waals surface area contributed by atoms with Crippen molar-refractivity contribution in [3.8, 4) is 5.69 Å². The van der Waals surface area contributed by atoms with Crippen LogP contribution >= 0.6 is 12.2 Å². The van der Waals surface area contributed by atoms with Gasteiger partial charge in [0.25, 0.3) is 0 Å². The minimum atomic E-state index is -0.229. The summed E-state index contributed by atoms with van der Waals surface area (Å²) in [4.78, 5) is 0. The molecule has 0 unspecified atom stereocenters. The molecule has 1 heterocycles. The molecule has 2 nitrogen and oxygen atoms in total. The number of aromatic nitrogens is 2. The Morgan fingerprint density at radius 3 is 2.50 bits per heavy atom. The summed E-state index contributed by atoms with van der Waals surface area (Å²) in [5, 5.41) is 3.35. The van der Waals surface area contributed by atoms with Crippen LogP contribution in [0.2, 0.25) is 0 Å². The second kappa shape index (κ2) is 4.69. The van der Waals surface area contributed by atoms with Crippen molar-refractivity contribution in [2.24, 2.45) is 0 Å². The van der Waals surface area contributed by atoms with Crippen molar-refractivity contribution in [2.75, 3.05) is 0 Å². The largest absolute Gasteiger partial charge is 0.297 e. The van der Waals surface area contributed by atoms with Crippen LogP contribution in [0.3, 0.4) is 0 Å². The Bertz CT molecular complexity index is 591. The summed E-state index contributed by atoms with van der Waals surface area (Å²) in [6.07, 6.45) is 5.07. The molecule has 1 aromatic carbocycles. The molecule has 0 spiro atoms. The molecule has 94 valence electrons. The van der Waals surface area contributed by atoms with Crippen molar-refractivity contribution in [1.29, 1.82) is 0 Å². The number of halogens is 1. The molecule has 1 N–H and O–H groups in total. The zero-order chi connectivity index (χ0) is 12.5.